The Morgan fingerprint density at radius 3 is 2.67 bits per heavy atom. The summed E-state index contributed by atoms with van der Waals surface area (Å²) in [7, 11) is 2.15. The molecule has 0 unspecified atom stereocenters. The van der Waals surface area contributed by atoms with Crippen LogP contribution in [0.25, 0.3) is 11.0 Å². The summed E-state index contributed by atoms with van der Waals surface area (Å²) < 4.78 is 0.639. The number of aromatic nitrogens is 2. The SMILES string of the molecule is CN1CCN(CCNc2nc3cc(Cl)c(C#N)cc3nc2Br)CC1. The molecule has 2 aromatic rings. The summed E-state index contributed by atoms with van der Waals surface area (Å²) in [5.41, 5.74) is 1.72. The van der Waals surface area contributed by atoms with Crippen LogP contribution in [0.2, 0.25) is 5.02 Å². The molecule has 0 amide bonds. The third-order valence-electron chi connectivity index (χ3n) is 4.15. The van der Waals surface area contributed by atoms with E-state index >= 15 is 0 Å². The highest BCUT2D eigenvalue weighted by Gasteiger charge is 2.14. The van der Waals surface area contributed by atoms with Crippen LogP contribution in [0.4, 0.5) is 5.82 Å². The molecule has 0 saturated carbocycles. The van der Waals surface area contributed by atoms with Crippen molar-refractivity contribution < 1.29 is 0 Å². The van der Waals surface area contributed by atoms with E-state index in [0.717, 1.165) is 39.3 Å². The number of nitriles is 1. The van der Waals surface area contributed by atoms with Gasteiger partial charge >= 0.3 is 0 Å². The second-order valence-electron chi connectivity index (χ2n) is 5.87. The fourth-order valence-corrected chi connectivity index (χ4v) is 3.28. The zero-order valence-electron chi connectivity index (χ0n) is 13.4. The number of nitrogens with zero attached hydrogens (tertiary/aromatic N) is 5. The lowest BCUT2D eigenvalue weighted by Crippen LogP contribution is -2.45. The molecule has 2 heterocycles. The normalized spacial score (nSPS) is 16.2. The van der Waals surface area contributed by atoms with Crippen molar-refractivity contribution in [1.29, 1.82) is 5.26 Å². The molecule has 0 atom stereocenters. The fourth-order valence-electron chi connectivity index (χ4n) is 2.66. The smallest absolute Gasteiger partial charge is 0.160 e. The highest BCUT2D eigenvalue weighted by atomic mass is 79.9. The molecule has 1 saturated heterocycles. The topological polar surface area (TPSA) is 68.1 Å². The van der Waals surface area contributed by atoms with Crippen LogP contribution in [0, 0.1) is 11.3 Å². The van der Waals surface area contributed by atoms with Crippen LogP contribution >= 0.6 is 27.5 Å². The summed E-state index contributed by atoms with van der Waals surface area (Å²) in [4.78, 5) is 13.8. The minimum absolute atomic E-state index is 0.394. The summed E-state index contributed by atoms with van der Waals surface area (Å²) in [6.45, 7) is 6.17. The third kappa shape index (κ3) is 3.95. The van der Waals surface area contributed by atoms with Crippen LogP contribution in [0.5, 0.6) is 0 Å². The van der Waals surface area contributed by atoms with Crippen molar-refractivity contribution in [3.8, 4) is 6.07 Å². The zero-order valence-corrected chi connectivity index (χ0v) is 15.7. The summed E-state index contributed by atoms with van der Waals surface area (Å²) in [5, 5.41) is 12.8. The standard InChI is InChI=1S/C16H18BrClN6/c1-23-4-6-24(7-5-23)3-2-20-16-15(17)21-13-8-11(10-19)12(18)9-14(13)22-16/h8-9H,2-7H2,1H3,(H,20,22). The minimum atomic E-state index is 0.394. The number of halogens is 2. The second kappa shape index (κ2) is 7.62. The van der Waals surface area contributed by atoms with Gasteiger partial charge in [-0.3, -0.25) is 4.90 Å². The van der Waals surface area contributed by atoms with E-state index in [9.17, 15) is 0 Å². The number of hydrogen-bond donors (Lipinski definition) is 1. The molecule has 1 aliphatic rings. The quantitative estimate of drug-likeness (QED) is 0.837. The molecule has 3 rings (SSSR count). The van der Waals surface area contributed by atoms with Gasteiger partial charge in [-0.05, 0) is 35.1 Å². The summed E-state index contributed by atoms with van der Waals surface area (Å²) in [6, 6.07) is 5.39. The van der Waals surface area contributed by atoms with Gasteiger partial charge < -0.3 is 10.2 Å². The molecule has 24 heavy (non-hydrogen) atoms. The van der Waals surface area contributed by atoms with Crippen molar-refractivity contribution >= 4 is 44.4 Å². The summed E-state index contributed by atoms with van der Waals surface area (Å²) in [6.07, 6.45) is 0. The zero-order chi connectivity index (χ0) is 17.1. The predicted octanol–water partition coefficient (Wildman–Crippen LogP) is 2.58. The van der Waals surface area contributed by atoms with Gasteiger partial charge in [0.15, 0.2) is 5.82 Å². The lowest BCUT2D eigenvalue weighted by Gasteiger charge is -2.32. The number of piperazine rings is 1. The molecule has 6 nitrogen and oxygen atoms in total. The van der Waals surface area contributed by atoms with Crippen molar-refractivity contribution in [2.24, 2.45) is 0 Å². The number of hydrogen-bond acceptors (Lipinski definition) is 6. The fraction of sp³-hybridized carbons (Fsp3) is 0.438. The lowest BCUT2D eigenvalue weighted by molar-refractivity contribution is 0.158. The van der Waals surface area contributed by atoms with Crippen molar-refractivity contribution in [3.63, 3.8) is 0 Å². The van der Waals surface area contributed by atoms with Gasteiger partial charge in [0.2, 0.25) is 0 Å². The third-order valence-corrected chi connectivity index (χ3v) is 5.01. The van der Waals surface area contributed by atoms with Gasteiger partial charge in [-0.1, -0.05) is 11.6 Å². The summed E-state index contributed by atoms with van der Waals surface area (Å²) >= 11 is 9.52. The van der Waals surface area contributed by atoms with E-state index in [4.69, 9.17) is 16.9 Å². The van der Waals surface area contributed by atoms with Gasteiger partial charge in [-0.15, -0.1) is 0 Å². The molecule has 0 aliphatic carbocycles. The number of rotatable bonds is 4. The average molecular weight is 410 g/mol. The molecule has 1 N–H and O–H groups in total. The van der Waals surface area contributed by atoms with Gasteiger partial charge in [0.1, 0.15) is 10.7 Å². The van der Waals surface area contributed by atoms with E-state index in [0.29, 0.717) is 32.0 Å². The van der Waals surface area contributed by atoms with Crippen LogP contribution < -0.4 is 5.32 Å². The molecule has 126 valence electrons. The van der Waals surface area contributed by atoms with Gasteiger partial charge in [0.05, 0.1) is 21.6 Å². The van der Waals surface area contributed by atoms with Crippen molar-refractivity contribution in [2.45, 2.75) is 0 Å². The van der Waals surface area contributed by atoms with Crippen LogP contribution in [0.15, 0.2) is 16.7 Å². The minimum Gasteiger partial charge on any atom is -0.367 e. The first-order valence-corrected chi connectivity index (χ1v) is 8.95. The first-order chi connectivity index (χ1) is 11.6. The lowest BCUT2D eigenvalue weighted by atomic mass is 10.2. The largest absolute Gasteiger partial charge is 0.367 e. The van der Waals surface area contributed by atoms with E-state index in [1.54, 1.807) is 12.1 Å². The van der Waals surface area contributed by atoms with Gasteiger partial charge in [-0.2, -0.15) is 5.26 Å². The number of benzene rings is 1. The Bertz CT molecular complexity index is 782. The summed E-state index contributed by atoms with van der Waals surface area (Å²) in [5.74, 6) is 0.692. The molecule has 1 aliphatic heterocycles. The first-order valence-electron chi connectivity index (χ1n) is 7.78. The Hall–Kier alpha value is -1.46. The molecule has 1 aromatic carbocycles. The van der Waals surface area contributed by atoms with E-state index in [1.165, 1.54) is 0 Å². The van der Waals surface area contributed by atoms with Gasteiger partial charge in [0.25, 0.3) is 0 Å². The predicted molar refractivity (Wildman–Crippen MR) is 99.4 cm³/mol. The van der Waals surface area contributed by atoms with Gasteiger partial charge in [-0.25, -0.2) is 9.97 Å². The van der Waals surface area contributed by atoms with Gasteiger partial charge in [0, 0.05) is 39.3 Å². The van der Waals surface area contributed by atoms with Crippen molar-refractivity contribution in [3.05, 3.63) is 27.3 Å². The maximum atomic E-state index is 9.04. The number of nitrogens with one attached hydrogen (secondary N) is 1. The first kappa shape index (κ1) is 17.4. The Labute approximate surface area is 154 Å². The van der Waals surface area contributed by atoms with Crippen LogP contribution in [-0.4, -0.2) is 66.1 Å². The van der Waals surface area contributed by atoms with Crippen LogP contribution in [0.3, 0.4) is 0 Å². The maximum absolute atomic E-state index is 9.04. The Morgan fingerprint density at radius 2 is 1.96 bits per heavy atom. The van der Waals surface area contributed by atoms with Crippen molar-refractivity contribution in [1.82, 2.24) is 19.8 Å². The molecular formula is C16H18BrClN6. The van der Waals surface area contributed by atoms with E-state index in [-0.39, 0.29) is 0 Å². The number of anilines is 1. The van der Waals surface area contributed by atoms with E-state index in [1.807, 2.05) is 0 Å². The highest BCUT2D eigenvalue weighted by Crippen LogP contribution is 2.26. The monoisotopic (exact) mass is 408 g/mol. The molecule has 1 aromatic heterocycles. The Balaban J connectivity index is 1.68. The van der Waals surface area contributed by atoms with E-state index in [2.05, 4.69) is 54.1 Å². The molecule has 8 heteroatoms. The highest BCUT2D eigenvalue weighted by molar-refractivity contribution is 9.10. The molecule has 0 radical (unpaired) electrons. The Kier molecular flexibility index (Phi) is 5.51. The average Bonchev–Trinajstić information content (AvgIpc) is 2.57. The number of fused-ring (bicyclic) bond motifs is 1. The molecule has 0 bridgehead atoms. The second-order valence-corrected chi connectivity index (χ2v) is 7.03. The van der Waals surface area contributed by atoms with E-state index < -0.39 is 0 Å². The molecule has 1 fully saturated rings. The van der Waals surface area contributed by atoms with Crippen LogP contribution in [-0.2, 0) is 0 Å². The van der Waals surface area contributed by atoms with Crippen molar-refractivity contribution in [2.75, 3.05) is 51.6 Å². The Morgan fingerprint density at radius 1 is 1.25 bits per heavy atom. The maximum Gasteiger partial charge on any atom is 0.160 e. The number of likely N-dealkylation sites (N-methyl/N-ethyl adjacent to an activating group) is 1. The molecule has 0 spiro atoms. The van der Waals surface area contributed by atoms with Crippen LogP contribution in [0.1, 0.15) is 5.56 Å². The molecular weight excluding hydrogens is 392 g/mol.